The van der Waals surface area contributed by atoms with E-state index >= 15 is 0 Å². The summed E-state index contributed by atoms with van der Waals surface area (Å²) in [5, 5.41) is 5.75. The number of amides is 1. The van der Waals surface area contributed by atoms with Crippen LogP contribution in [-0.4, -0.2) is 32.6 Å². The lowest BCUT2D eigenvalue weighted by atomic mass is 9.99. The van der Waals surface area contributed by atoms with Gasteiger partial charge in [-0.3, -0.25) is 4.79 Å². The lowest BCUT2D eigenvalue weighted by Crippen LogP contribution is -2.32. The second kappa shape index (κ2) is 8.12. The number of hydrogen-bond acceptors (Lipinski definition) is 3. The van der Waals surface area contributed by atoms with Gasteiger partial charge in [0.25, 0.3) is 0 Å². The summed E-state index contributed by atoms with van der Waals surface area (Å²) in [6.45, 7) is 4.86. The first-order valence-electron chi connectivity index (χ1n) is 6.98. The van der Waals surface area contributed by atoms with Gasteiger partial charge in [-0.05, 0) is 44.0 Å². The molecule has 0 bridgehead atoms. The van der Waals surface area contributed by atoms with Crippen LogP contribution in [0.1, 0.15) is 19.8 Å². The van der Waals surface area contributed by atoms with Gasteiger partial charge in [0, 0.05) is 24.5 Å². The average molecular weight is 298 g/mol. The molecule has 20 heavy (non-hydrogen) atoms. The highest BCUT2D eigenvalue weighted by molar-refractivity contribution is 5.92. The van der Waals surface area contributed by atoms with E-state index in [1.807, 2.05) is 12.1 Å². The Labute approximate surface area is 127 Å². The molecule has 0 atom stereocenters. The largest absolute Gasteiger partial charge is 0.371 e. The number of carbonyl (C=O) groups is 1. The van der Waals surface area contributed by atoms with E-state index in [-0.39, 0.29) is 18.3 Å². The maximum Gasteiger partial charge on any atom is 0.238 e. The number of likely N-dealkylation sites (N-methyl/N-ethyl adjacent to an activating group) is 1. The Balaban J connectivity index is 0.00000200. The molecular weight excluding hydrogens is 274 g/mol. The molecule has 0 saturated carbocycles. The molecule has 1 amide bonds. The first-order chi connectivity index (χ1) is 9.19. The fourth-order valence-corrected chi connectivity index (χ4v) is 2.41. The first kappa shape index (κ1) is 16.8. The zero-order chi connectivity index (χ0) is 13.7. The predicted molar refractivity (Wildman–Crippen MR) is 86.9 cm³/mol. The van der Waals surface area contributed by atoms with Gasteiger partial charge in [0.2, 0.25) is 5.91 Å². The number of halogens is 1. The molecule has 0 aliphatic carbocycles. The van der Waals surface area contributed by atoms with Crippen molar-refractivity contribution in [1.29, 1.82) is 0 Å². The number of piperidine rings is 1. The third-order valence-corrected chi connectivity index (χ3v) is 3.62. The molecule has 1 aromatic rings. The molecule has 1 aliphatic rings. The van der Waals surface area contributed by atoms with E-state index in [4.69, 9.17) is 0 Å². The van der Waals surface area contributed by atoms with Gasteiger partial charge < -0.3 is 15.5 Å². The SMILES string of the molecule is CNCC(=O)Nc1cccc(N2CCC(C)CC2)c1.Cl. The third-order valence-electron chi connectivity index (χ3n) is 3.62. The van der Waals surface area contributed by atoms with Crippen molar-refractivity contribution in [2.45, 2.75) is 19.8 Å². The third kappa shape index (κ3) is 4.69. The summed E-state index contributed by atoms with van der Waals surface area (Å²) in [7, 11) is 1.77. The summed E-state index contributed by atoms with van der Waals surface area (Å²) < 4.78 is 0. The summed E-state index contributed by atoms with van der Waals surface area (Å²) in [4.78, 5) is 14.0. The Morgan fingerprint density at radius 1 is 1.35 bits per heavy atom. The smallest absolute Gasteiger partial charge is 0.238 e. The van der Waals surface area contributed by atoms with Crippen molar-refractivity contribution >= 4 is 29.7 Å². The van der Waals surface area contributed by atoms with Gasteiger partial charge in [0.05, 0.1) is 6.54 Å². The van der Waals surface area contributed by atoms with E-state index in [1.165, 1.54) is 18.5 Å². The maximum absolute atomic E-state index is 11.6. The topological polar surface area (TPSA) is 44.4 Å². The van der Waals surface area contributed by atoms with Gasteiger partial charge in [0.1, 0.15) is 0 Å². The molecule has 0 spiro atoms. The van der Waals surface area contributed by atoms with Gasteiger partial charge in [-0.2, -0.15) is 0 Å². The van der Waals surface area contributed by atoms with Gasteiger partial charge in [-0.1, -0.05) is 13.0 Å². The highest BCUT2D eigenvalue weighted by Crippen LogP contribution is 2.25. The number of hydrogen-bond donors (Lipinski definition) is 2. The van der Waals surface area contributed by atoms with Crippen LogP contribution in [0.25, 0.3) is 0 Å². The molecule has 1 heterocycles. The van der Waals surface area contributed by atoms with Crippen LogP contribution >= 0.6 is 12.4 Å². The van der Waals surface area contributed by atoms with Gasteiger partial charge in [-0.25, -0.2) is 0 Å². The average Bonchev–Trinajstić information content (AvgIpc) is 2.40. The van der Waals surface area contributed by atoms with E-state index in [0.29, 0.717) is 6.54 Å². The number of rotatable bonds is 4. The quantitative estimate of drug-likeness (QED) is 0.897. The van der Waals surface area contributed by atoms with Gasteiger partial charge in [-0.15, -0.1) is 12.4 Å². The van der Waals surface area contributed by atoms with Crippen molar-refractivity contribution in [2.75, 3.05) is 36.9 Å². The predicted octanol–water partition coefficient (Wildman–Crippen LogP) is 2.50. The highest BCUT2D eigenvalue weighted by Gasteiger charge is 2.16. The summed E-state index contributed by atoms with van der Waals surface area (Å²) in [5.74, 6) is 0.821. The minimum absolute atomic E-state index is 0. The summed E-state index contributed by atoms with van der Waals surface area (Å²) in [6.07, 6.45) is 2.49. The van der Waals surface area contributed by atoms with Crippen molar-refractivity contribution in [2.24, 2.45) is 5.92 Å². The van der Waals surface area contributed by atoms with Crippen LogP contribution in [0.4, 0.5) is 11.4 Å². The molecule has 1 aromatic carbocycles. The molecule has 0 unspecified atom stereocenters. The highest BCUT2D eigenvalue weighted by atomic mass is 35.5. The molecule has 2 rings (SSSR count). The Bertz CT molecular complexity index is 431. The van der Waals surface area contributed by atoms with Crippen molar-refractivity contribution in [3.05, 3.63) is 24.3 Å². The Hall–Kier alpha value is -1.26. The standard InChI is InChI=1S/C15H23N3O.ClH/c1-12-6-8-18(9-7-12)14-5-3-4-13(10-14)17-15(19)11-16-2;/h3-5,10,12,16H,6-9,11H2,1-2H3,(H,17,19);1H. The minimum atomic E-state index is -0.00748. The molecule has 1 saturated heterocycles. The summed E-state index contributed by atoms with van der Waals surface area (Å²) in [6, 6.07) is 8.11. The van der Waals surface area contributed by atoms with E-state index in [9.17, 15) is 4.79 Å². The second-order valence-electron chi connectivity index (χ2n) is 5.30. The molecule has 4 nitrogen and oxygen atoms in total. The monoisotopic (exact) mass is 297 g/mol. The van der Waals surface area contributed by atoms with Crippen LogP contribution in [0.5, 0.6) is 0 Å². The first-order valence-corrected chi connectivity index (χ1v) is 6.98. The normalized spacial score (nSPS) is 15.6. The number of benzene rings is 1. The molecule has 2 N–H and O–H groups in total. The van der Waals surface area contributed by atoms with E-state index in [2.05, 4.69) is 34.6 Å². The minimum Gasteiger partial charge on any atom is -0.371 e. The Morgan fingerprint density at radius 2 is 2.05 bits per heavy atom. The molecule has 1 aliphatic heterocycles. The Kier molecular flexibility index (Phi) is 6.82. The lowest BCUT2D eigenvalue weighted by Gasteiger charge is -2.32. The molecule has 112 valence electrons. The van der Waals surface area contributed by atoms with Gasteiger partial charge >= 0.3 is 0 Å². The van der Waals surface area contributed by atoms with Crippen LogP contribution in [-0.2, 0) is 4.79 Å². The number of carbonyl (C=O) groups excluding carboxylic acids is 1. The van der Waals surface area contributed by atoms with Crippen LogP contribution in [0.2, 0.25) is 0 Å². The fraction of sp³-hybridized carbons (Fsp3) is 0.533. The van der Waals surface area contributed by atoms with Crippen molar-refractivity contribution < 1.29 is 4.79 Å². The zero-order valence-electron chi connectivity index (χ0n) is 12.2. The van der Waals surface area contributed by atoms with Crippen LogP contribution in [0.3, 0.4) is 0 Å². The van der Waals surface area contributed by atoms with E-state index in [1.54, 1.807) is 7.05 Å². The Morgan fingerprint density at radius 3 is 2.70 bits per heavy atom. The van der Waals surface area contributed by atoms with Crippen molar-refractivity contribution in [3.8, 4) is 0 Å². The number of nitrogens with one attached hydrogen (secondary N) is 2. The number of anilines is 2. The fourth-order valence-electron chi connectivity index (χ4n) is 2.41. The van der Waals surface area contributed by atoms with Crippen molar-refractivity contribution in [1.82, 2.24) is 5.32 Å². The lowest BCUT2D eigenvalue weighted by molar-refractivity contribution is -0.115. The van der Waals surface area contributed by atoms with Crippen molar-refractivity contribution in [3.63, 3.8) is 0 Å². The molecular formula is C15H24ClN3O. The summed E-state index contributed by atoms with van der Waals surface area (Å²) >= 11 is 0. The second-order valence-corrected chi connectivity index (χ2v) is 5.30. The van der Waals surface area contributed by atoms with Crippen LogP contribution < -0.4 is 15.5 Å². The zero-order valence-corrected chi connectivity index (χ0v) is 13.0. The van der Waals surface area contributed by atoms with Crippen LogP contribution in [0, 0.1) is 5.92 Å². The number of nitrogens with zero attached hydrogens (tertiary/aromatic N) is 1. The molecule has 0 aromatic heterocycles. The summed E-state index contributed by atoms with van der Waals surface area (Å²) in [5.41, 5.74) is 2.07. The molecule has 0 radical (unpaired) electrons. The van der Waals surface area contributed by atoms with E-state index < -0.39 is 0 Å². The van der Waals surface area contributed by atoms with E-state index in [0.717, 1.165) is 24.7 Å². The molecule has 1 fully saturated rings. The van der Waals surface area contributed by atoms with Crippen LogP contribution in [0.15, 0.2) is 24.3 Å². The maximum atomic E-state index is 11.6. The van der Waals surface area contributed by atoms with Gasteiger partial charge in [0.15, 0.2) is 0 Å². The molecule has 5 heteroatoms.